The number of nitrogens with one attached hydrogen (secondary N) is 1. The molecule has 2 heterocycles. The van der Waals surface area contributed by atoms with E-state index in [0.29, 0.717) is 18.1 Å². The van der Waals surface area contributed by atoms with Crippen molar-refractivity contribution in [3.8, 4) is 5.69 Å². The monoisotopic (exact) mass is 282 g/mol. The lowest BCUT2D eigenvalue weighted by Gasteiger charge is -2.16. The predicted molar refractivity (Wildman–Crippen MR) is 75.7 cm³/mol. The molecule has 0 saturated carbocycles. The number of nitrogens with zero attached hydrogens (tertiary/aromatic N) is 5. The van der Waals surface area contributed by atoms with Crippen molar-refractivity contribution < 1.29 is 4.79 Å². The molecule has 0 bridgehead atoms. The average Bonchev–Trinajstić information content (AvgIpc) is 3.18. The number of benzene rings is 1. The third kappa shape index (κ3) is 2.66. The minimum Gasteiger partial charge on any atom is -0.333 e. The van der Waals surface area contributed by atoms with E-state index in [1.54, 1.807) is 29.0 Å². The van der Waals surface area contributed by atoms with Crippen molar-refractivity contribution in [3.05, 3.63) is 60.7 Å². The summed E-state index contributed by atoms with van der Waals surface area (Å²) in [5, 5.41) is 6.51. The van der Waals surface area contributed by atoms with E-state index in [1.165, 1.54) is 6.33 Å². The van der Waals surface area contributed by atoms with E-state index in [1.807, 2.05) is 30.3 Å². The second-order valence-electron chi connectivity index (χ2n) is 4.58. The van der Waals surface area contributed by atoms with E-state index in [-0.39, 0.29) is 5.91 Å². The number of hydrogen-bond donors (Lipinski definition) is 1. The van der Waals surface area contributed by atoms with Crippen molar-refractivity contribution >= 4 is 5.91 Å². The summed E-state index contributed by atoms with van der Waals surface area (Å²) >= 11 is 0. The van der Waals surface area contributed by atoms with E-state index in [0.717, 1.165) is 5.69 Å². The van der Waals surface area contributed by atoms with Crippen molar-refractivity contribution in [2.24, 2.45) is 0 Å². The minimum absolute atomic E-state index is 0.132. The number of carbonyl (C=O) groups excluding carboxylic acids is 1. The first-order valence-electron chi connectivity index (χ1n) is 6.43. The third-order valence-corrected chi connectivity index (χ3v) is 3.09. The predicted octanol–water partition coefficient (Wildman–Crippen LogP) is 1.26. The Balaban J connectivity index is 1.84. The van der Waals surface area contributed by atoms with Crippen molar-refractivity contribution in [1.82, 2.24) is 29.6 Å². The molecule has 0 unspecified atom stereocenters. The van der Waals surface area contributed by atoms with Gasteiger partial charge < -0.3 is 4.90 Å². The Bertz CT molecular complexity index is 719. The van der Waals surface area contributed by atoms with Gasteiger partial charge in [-0.2, -0.15) is 5.10 Å². The summed E-state index contributed by atoms with van der Waals surface area (Å²) in [6.45, 7) is 0.360. The lowest BCUT2D eigenvalue weighted by atomic mass is 10.3. The van der Waals surface area contributed by atoms with Gasteiger partial charge in [-0.25, -0.2) is 9.97 Å². The number of aromatic amines is 1. The summed E-state index contributed by atoms with van der Waals surface area (Å²) in [6, 6.07) is 9.62. The zero-order chi connectivity index (χ0) is 14.7. The highest BCUT2D eigenvalue weighted by Crippen LogP contribution is 2.13. The molecule has 0 fully saturated rings. The Labute approximate surface area is 121 Å². The topological polar surface area (TPSA) is 79.7 Å². The van der Waals surface area contributed by atoms with Crippen LogP contribution in [0.25, 0.3) is 5.69 Å². The van der Waals surface area contributed by atoms with Gasteiger partial charge in [-0.3, -0.25) is 14.5 Å². The summed E-state index contributed by atoms with van der Waals surface area (Å²) in [4.78, 5) is 22.2. The maximum Gasteiger partial charge on any atom is 0.272 e. The minimum atomic E-state index is -0.132. The molecule has 7 nitrogen and oxygen atoms in total. The van der Waals surface area contributed by atoms with Crippen LogP contribution in [0.15, 0.2) is 49.2 Å². The molecule has 0 aliphatic rings. The van der Waals surface area contributed by atoms with Crippen LogP contribution in [-0.4, -0.2) is 42.6 Å². The number of rotatable bonds is 4. The number of carbonyl (C=O) groups is 1. The maximum atomic E-state index is 12.5. The summed E-state index contributed by atoms with van der Waals surface area (Å²) in [5.41, 5.74) is 1.40. The maximum absolute atomic E-state index is 12.5. The van der Waals surface area contributed by atoms with Gasteiger partial charge in [0.05, 0.1) is 19.1 Å². The van der Waals surface area contributed by atoms with Gasteiger partial charge in [0.1, 0.15) is 17.8 Å². The second-order valence-corrected chi connectivity index (χ2v) is 4.58. The molecule has 0 aliphatic carbocycles. The van der Waals surface area contributed by atoms with Crippen LogP contribution in [0, 0.1) is 0 Å². The highest BCUT2D eigenvalue weighted by Gasteiger charge is 2.18. The summed E-state index contributed by atoms with van der Waals surface area (Å²) in [6.07, 6.45) is 4.61. The van der Waals surface area contributed by atoms with Crippen LogP contribution in [0.4, 0.5) is 0 Å². The average molecular weight is 282 g/mol. The van der Waals surface area contributed by atoms with Gasteiger partial charge in [0.15, 0.2) is 0 Å². The van der Waals surface area contributed by atoms with E-state index >= 15 is 0 Å². The summed E-state index contributed by atoms with van der Waals surface area (Å²) in [5.74, 6) is 0.504. The molecule has 1 amide bonds. The van der Waals surface area contributed by atoms with Crippen LogP contribution >= 0.6 is 0 Å². The quantitative estimate of drug-likeness (QED) is 0.781. The van der Waals surface area contributed by atoms with Gasteiger partial charge in [0.2, 0.25) is 0 Å². The van der Waals surface area contributed by atoms with Crippen LogP contribution in [0.3, 0.4) is 0 Å². The zero-order valence-corrected chi connectivity index (χ0v) is 11.5. The molecule has 1 aromatic carbocycles. The molecule has 3 rings (SSSR count). The Morgan fingerprint density at radius 1 is 1.33 bits per heavy atom. The Kier molecular flexibility index (Phi) is 3.46. The van der Waals surface area contributed by atoms with Crippen molar-refractivity contribution in [3.63, 3.8) is 0 Å². The standard InChI is InChI=1S/C14H14N6O/c1-19(8-13-16-9-17-18-13)14(21)12-7-15-10-20(12)11-5-3-2-4-6-11/h2-7,9-10H,8H2,1H3,(H,16,17,18). The number of para-hydroxylation sites is 1. The van der Waals surface area contributed by atoms with Crippen LogP contribution < -0.4 is 0 Å². The van der Waals surface area contributed by atoms with Gasteiger partial charge in [-0.1, -0.05) is 18.2 Å². The molecule has 2 aromatic heterocycles. The van der Waals surface area contributed by atoms with Crippen molar-refractivity contribution in [2.75, 3.05) is 7.05 Å². The van der Waals surface area contributed by atoms with Gasteiger partial charge in [0, 0.05) is 12.7 Å². The third-order valence-electron chi connectivity index (χ3n) is 3.09. The summed E-state index contributed by atoms with van der Waals surface area (Å²) < 4.78 is 1.76. The van der Waals surface area contributed by atoms with Gasteiger partial charge in [0.25, 0.3) is 5.91 Å². The molecule has 0 atom stereocenters. The van der Waals surface area contributed by atoms with Gasteiger partial charge in [-0.15, -0.1) is 0 Å². The number of imidazole rings is 1. The van der Waals surface area contributed by atoms with E-state index in [4.69, 9.17) is 0 Å². The molecular weight excluding hydrogens is 268 g/mol. The first kappa shape index (κ1) is 13.0. The number of aromatic nitrogens is 5. The van der Waals surface area contributed by atoms with E-state index < -0.39 is 0 Å². The van der Waals surface area contributed by atoms with E-state index in [2.05, 4.69) is 20.2 Å². The molecule has 0 saturated heterocycles. The van der Waals surface area contributed by atoms with Crippen LogP contribution in [0.2, 0.25) is 0 Å². The number of amides is 1. The number of hydrogen-bond acceptors (Lipinski definition) is 4. The molecule has 7 heteroatoms. The fourth-order valence-corrected chi connectivity index (χ4v) is 2.05. The molecule has 0 radical (unpaired) electrons. The Hall–Kier alpha value is -2.96. The first-order valence-corrected chi connectivity index (χ1v) is 6.43. The molecule has 1 N–H and O–H groups in total. The highest BCUT2D eigenvalue weighted by molar-refractivity contribution is 5.92. The lowest BCUT2D eigenvalue weighted by Crippen LogP contribution is -2.28. The fourth-order valence-electron chi connectivity index (χ4n) is 2.05. The Morgan fingerprint density at radius 2 is 2.14 bits per heavy atom. The number of H-pyrrole nitrogens is 1. The van der Waals surface area contributed by atoms with Crippen molar-refractivity contribution in [2.45, 2.75) is 6.54 Å². The molecule has 3 aromatic rings. The highest BCUT2D eigenvalue weighted by atomic mass is 16.2. The molecule has 106 valence electrons. The second kappa shape index (κ2) is 5.58. The normalized spacial score (nSPS) is 10.5. The van der Waals surface area contributed by atoms with E-state index in [9.17, 15) is 4.79 Å². The van der Waals surface area contributed by atoms with Crippen LogP contribution in [-0.2, 0) is 6.54 Å². The Morgan fingerprint density at radius 3 is 2.86 bits per heavy atom. The summed E-state index contributed by atoms with van der Waals surface area (Å²) in [7, 11) is 1.72. The van der Waals surface area contributed by atoms with Crippen LogP contribution in [0.1, 0.15) is 16.3 Å². The van der Waals surface area contributed by atoms with Gasteiger partial charge >= 0.3 is 0 Å². The zero-order valence-electron chi connectivity index (χ0n) is 11.5. The molecule has 0 spiro atoms. The smallest absolute Gasteiger partial charge is 0.272 e. The SMILES string of the molecule is CN(Cc1ncn[nH]1)C(=O)c1cncn1-c1ccccc1. The lowest BCUT2D eigenvalue weighted by molar-refractivity contribution is 0.0773. The molecular formula is C14H14N6O. The molecule has 21 heavy (non-hydrogen) atoms. The van der Waals surface area contributed by atoms with Crippen molar-refractivity contribution in [1.29, 1.82) is 0 Å². The van der Waals surface area contributed by atoms with Gasteiger partial charge in [-0.05, 0) is 12.1 Å². The van der Waals surface area contributed by atoms with Crippen LogP contribution in [0.5, 0.6) is 0 Å². The molecule has 0 aliphatic heterocycles. The largest absolute Gasteiger partial charge is 0.333 e. The fraction of sp³-hybridized carbons (Fsp3) is 0.143. The first-order chi connectivity index (χ1) is 10.3.